The molecule has 0 radical (unpaired) electrons. The zero-order valence-electron chi connectivity index (χ0n) is 31.6. The summed E-state index contributed by atoms with van der Waals surface area (Å²) in [6, 6.07) is 23.9. The Balaban J connectivity index is 0.762. The van der Waals surface area contributed by atoms with Crippen molar-refractivity contribution in [3.05, 3.63) is 88.7 Å². The van der Waals surface area contributed by atoms with Gasteiger partial charge in [0.05, 0.1) is 27.3 Å². The van der Waals surface area contributed by atoms with E-state index in [1.165, 1.54) is 48.1 Å². The van der Waals surface area contributed by atoms with Crippen LogP contribution in [0.2, 0.25) is 5.02 Å². The Bertz CT molecular complexity index is 2270. The normalized spacial score (nSPS) is 20.7. The molecule has 0 aliphatic carbocycles. The van der Waals surface area contributed by atoms with Crippen molar-refractivity contribution >= 4 is 62.4 Å². The fourth-order valence-corrected chi connectivity index (χ4v) is 10.1. The third kappa shape index (κ3) is 6.93. The molecule has 5 aromatic rings. The highest BCUT2D eigenvalue weighted by atomic mass is 35.5. The molecule has 3 amide bonds. The van der Waals surface area contributed by atoms with Gasteiger partial charge in [-0.1, -0.05) is 29.8 Å². The number of benzene rings is 3. The van der Waals surface area contributed by atoms with E-state index in [-0.39, 0.29) is 11.9 Å². The van der Waals surface area contributed by atoms with Gasteiger partial charge in [-0.2, -0.15) is 5.26 Å². The summed E-state index contributed by atoms with van der Waals surface area (Å²) in [4.78, 5) is 36.8. The SMILES string of the molecule is Cn1c(C2CCN(CC3CCN(c4ccc([C@@H]5CCCN(c6ccc(Cl)c7c(C#N)c[nH]c67)C5)cc4)CC3)CC2)cc2ccc(N3CCC(=O)NC3=O)cc21. The second-order valence-corrected chi connectivity index (χ2v) is 16.5. The summed E-state index contributed by atoms with van der Waals surface area (Å²) < 4.78 is 2.31. The van der Waals surface area contributed by atoms with E-state index >= 15 is 0 Å². The largest absolute Gasteiger partial charge is 0.372 e. The van der Waals surface area contributed by atoms with Crippen molar-refractivity contribution < 1.29 is 9.59 Å². The van der Waals surface area contributed by atoms with E-state index < -0.39 is 0 Å². The molecule has 0 bridgehead atoms. The average Bonchev–Trinajstić information content (AvgIpc) is 3.80. The lowest BCUT2D eigenvalue weighted by Crippen LogP contribution is -2.49. The van der Waals surface area contributed by atoms with Crippen LogP contribution in [0.15, 0.2) is 66.9 Å². The number of anilines is 3. The lowest BCUT2D eigenvalue weighted by Gasteiger charge is -2.38. The maximum Gasteiger partial charge on any atom is 0.328 e. The zero-order chi connectivity index (χ0) is 37.6. The third-order valence-electron chi connectivity index (χ3n) is 12.9. The molecule has 11 heteroatoms. The number of nitriles is 1. The number of fused-ring (bicyclic) bond motifs is 2. The number of hydrogen-bond acceptors (Lipinski definition) is 6. The number of H-pyrrole nitrogens is 1. The van der Waals surface area contributed by atoms with Gasteiger partial charge in [-0.3, -0.25) is 15.0 Å². The van der Waals surface area contributed by atoms with E-state index in [4.69, 9.17) is 11.6 Å². The van der Waals surface area contributed by atoms with Crippen LogP contribution in [-0.4, -0.2) is 78.7 Å². The lowest BCUT2D eigenvalue weighted by atomic mass is 9.89. The van der Waals surface area contributed by atoms with Crippen LogP contribution in [0.5, 0.6) is 0 Å². The monoisotopic (exact) mass is 756 g/mol. The van der Waals surface area contributed by atoms with Gasteiger partial charge in [0, 0.05) is 98.6 Å². The number of carbonyl (C=O) groups is 2. The molecule has 2 N–H and O–H groups in total. The first-order valence-corrected chi connectivity index (χ1v) is 20.4. The standard InChI is InChI=1S/C44H49ClN8O2/c1-49-39(23-32-6-9-36(24-40(32)49)53-22-16-41(54)48-44(53)55)31-14-18-50(19-15-31)27-29-12-20-51(21-13-29)35-7-4-30(5-8-35)33-3-2-17-52(28-33)38-11-10-37(45)42-34(25-46)26-47-43(38)42/h4-11,23-24,26,29,31,33,47H,2-3,12-22,27-28H2,1H3,(H,48,54,55)/t33-/m1/s1. The molecule has 0 saturated carbocycles. The number of nitrogens with zero attached hydrogens (tertiary/aromatic N) is 6. The summed E-state index contributed by atoms with van der Waals surface area (Å²) in [5.41, 5.74) is 8.75. The second-order valence-electron chi connectivity index (χ2n) is 16.1. The molecule has 2 aromatic heterocycles. The predicted octanol–water partition coefficient (Wildman–Crippen LogP) is 8.11. The van der Waals surface area contributed by atoms with Crippen molar-refractivity contribution in [1.29, 1.82) is 5.26 Å². The molecule has 4 saturated heterocycles. The number of urea groups is 1. The molecule has 4 aliphatic heterocycles. The number of aryl methyl sites for hydroxylation is 1. The topological polar surface area (TPSA) is 104 Å². The highest BCUT2D eigenvalue weighted by molar-refractivity contribution is 6.36. The van der Waals surface area contributed by atoms with E-state index in [1.54, 1.807) is 11.1 Å². The maximum absolute atomic E-state index is 12.4. The van der Waals surface area contributed by atoms with Gasteiger partial charge in [-0.15, -0.1) is 0 Å². The number of halogens is 1. The summed E-state index contributed by atoms with van der Waals surface area (Å²) >= 11 is 6.50. The van der Waals surface area contributed by atoms with E-state index in [2.05, 4.69) is 91.2 Å². The van der Waals surface area contributed by atoms with Crippen LogP contribution in [0.1, 0.15) is 73.6 Å². The Morgan fingerprint density at radius 2 is 1.62 bits per heavy atom. The van der Waals surface area contributed by atoms with Crippen molar-refractivity contribution in [3.63, 3.8) is 0 Å². The van der Waals surface area contributed by atoms with Crippen LogP contribution < -0.4 is 20.0 Å². The number of aromatic nitrogens is 2. The third-order valence-corrected chi connectivity index (χ3v) is 13.3. The number of likely N-dealkylation sites (tertiary alicyclic amines) is 1. The summed E-state index contributed by atoms with van der Waals surface area (Å²) in [5.74, 6) is 1.52. The highest BCUT2D eigenvalue weighted by Gasteiger charge is 2.29. The minimum Gasteiger partial charge on any atom is -0.372 e. The summed E-state index contributed by atoms with van der Waals surface area (Å²) in [5, 5.41) is 14.7. The summed E-state index contributed by atoms with van der Waals surface area (Å²) in [6.45, 7) is 8.04. The van der Waals surface area contributed by atoms with Gasteiger partial charge in [-0.25, -0.2) is 4.79 Å². The molecule has 55 heavy (non-hydrogen) atoms. The number of amides is 3. The Labute approximate surface area is 327 Å². The number of imide groups is 1. The fraction of sp³-hybridized carbons (Fsp3) is 0.432. The first-order chi connectivity index (χ1) is 26.8. The molecule has 284 valence electrons. The van der Waals surface area contributed by atoms with Crippen LogP contribution in [0.3, 0.4) is 0 Å². The van der Waals surface area contributed by atoms with Gasteiger partial charge in [-0.05, 0) is 106 Å². The van der Waals surface area contributed by atoms with Gasteiger partial charge < -0.3 is 24.3 Å². The Hall–Kier alpha value is -4.98. The number of aromatic amines is 1. The number of hydrogen-bond donors (Lipinski definition) is 2. The van der Waals surface area contributed by atoms with Crippen molar-refractivity contribution in [1.82, 2.24) is 19.8 Å². The van der Waals surface area contributed by atoms with Crippen LogP contribution in [0.25, 0.3) is 21.8 Å². The molecule has 3 aromatic carbocycles. The van der Waals surface area contributed by atoms with Crippen LogP contribution in [-0.2, 0) is 11.8 Å². The molecule has 1 atom stereocenters. The average molecular weight is 757 g/mol. The van der Waals surface area contributed by atoms with Gasteiger partial charge in [0.2, 0.25) is 5.91 Å². The van der Waals surface area contributed by atoms with E-state index in [0.29, 0.717) is 35.4 Å². The number of nitrogens with one attached hydrogen (secondary N) is 2. The van der Waals surface area contributed by atoms with Gasteiger partial charge in [0.1, 0.15) is 6.07 Å². The number of rotatable bonds is 7. The minimum absolute atomic E-state index is 0.210. The zero-order valence-corrected chi connectivity index (χ0v) is 32.3. The Morgan fingerprint density at radius 3 is 2.38 bits per heavy atom. The van der Waals surface area contributed by atoms with Crippen molar-refractivity contribution in [2.75, 3.05) is 67.1 Å². The maximum atomic E-state index is 12.4. The molecular formula is C44H49ClN8O2. The second kappa shape index (κ2) is 14.9. The molecule has 0 spiro atoms. The van der Waals surface area contributed by atoms with Crippen LogP contribution in [0.4, 0.5) is 21.9 Å². The molecule has 9 rings (SSSR count). The molecule has 10 nitrogen and oxygen atoms in total. The smallest absolute Gasteiger partial charge is 0.328 e. The first kappa shape index (κ1) is 35.7. The van der Waals surface area contributed by atoms with Gasteiger partial charge in [0.15, 0.2) is 0 Å². The molecule has 6 heterocycles. The fourth-order valence-electron chi connectivity index (χ4n) is 9.83. The first-order valence-electron chi connectivity index (χ1n) is 20.1. The number of carbonyl (C=O) groups excluding carboxylic acids is 2. The highest BCUT2D eigenvalue weighted by Crippen LogP contribution is 2.38. The molecule has 0 unspecified atom stereocenters. The predicted molar refractivity (Wildman–Crippen MR) is 220 cm³/mol. The Morgan fingerprint density at radius 1 is 0.836 bits per heavy atom. The number of piperidine rings is 3. The quantitative estimate of drug-likeness (QED) is 0.174. The van der Waals surface area contributed by atoms with E-state index in [0.717, 1.165) is 92.2 Å². The Kier molecular flexibility index (Phi) is 9.69. The van der Waals surface area contributed by atoms with E-state index in [1.807, 2.05) is 12.1 Å². The summed E-state index contributed by atoms with van der Waals surface area (Å²) in [7, 11) is 2.15. The van der Waals surface area contributed by atoms with E-state index in [9.17, 15) is 14.9 Å². The van der Waals surface area contributed by atoms with Crippen LogP contribution >= 0.6 is 11.6 Å². The lowest BCUT2D eigenvalue weighted by molar-refractivity contribution is -0.120. The summed E-state index contributed by atoms with van der Waals surface area (Å²) in [6.07, 6.45) is 9.19. The molecule has 4 aliphatic rings. The van der Waals surface area contributed by atoms with Crippen LogP contribution in [0, 0.1) is 17.2 Å². The van der Waals surface area contributed by atoms with Crippen molar-refractivity contribution in [2.24, 2.45) is 13.0 Å². The van der Waals surface area contributed by atoms with Gasteiger partial charge >= 0.3 is 6.03 Å². The van der Waals surface area contributed by atoms with Crippen molar-refractivity contribution in [3.8, 4) is 6.07 Å². The molecule has 4 fully saturated rings. The minimum atomic E-state index is -0.340. The van der Waals surface area contributed by atoms with Crippen molar-refractivity contribution in [2.45, 2.75) is 56.8 Å². The molecular weight excluding hydrogens is 708 g/mol. The van der Waals surface area contributed by atoms with Gasteiger partial charge in [0.25, 0.3) is 0 Å².